The summed E-state index contributed by atoms with van der Waals surface area (Å²) in [6.07, 6.45) is 0.610. The fourth-order valence-corrected chi connectivity index (χ4v) is 4.57. The first-order valence-corrected chi connectivity index (χ1v) is 7.26. The molecule has 0 radical (unpaired) electrons. The van der Waals surface area contributed by atoms with Crippen molar-refractivity contribution in [3.8, 4) is 0 Å². The smallest absolute Gasteiger partial charge is 0.407 e. The van der Waals surface area contributed by atoms with Crippen molar-refractivity contribution in [3.05, 3.63) is 11.2 Å². The molecule has 3 aliphatic heterocycles. The summed E-state index contributed by atoms with van der Waals surface area (Å²) in [7, 11) is 0. The molecule has 2 fully saturated rings. The first kappa shape index (κ1) is 14.1. The van der Waals surface area contributed by atoms with E-state index in [4.69, 9.17) is 9.84 Å². The summed E-state index contributed by atoms with van der Waals surface area (Å²) in [5.74, 6) is -4.24. The van der Waals surface area contributed by atoms with Crippen LogP contribution in [0, 0.1) is 5.92 Å². The molecule has 0 saturated carbocycles. The second-order valence-electron chi connectivity index (χ2n) is 5.42. The number of hydrogen-bond donors (Lipinski definition) is 1. The lowest BCUT2D eigenvalue weighted by Crippen LogP contribution is -2.61. The van der Waals surface area contributed by atoms with Crippen LogP contribution in [-0.2, 0) is 4.74 Å². The van der Waals surface area contributed by atoms with Crippen LogP contribution in [0.15, 0.2) is 11.2 Å². The van der Waals surface area contributed by atoms with Gasteiger partial charge in [-0.25, -0.2) is 13.6 Å². The van der Waals surface area contributed by atoms with Crippen molar-refractivity contribution < 1.29 is 27.8 Å². The van der Waals surface area contributed by atoms with E-state index in [9.17, 15) is 18.0 Å². The van der Waals surface area contributed by atoms with Gasteiger partial charge in [-0.05, 0) is 18.9 Å². The van der Waals surface area contributed by atoms with Crippen LogP contribution in [0.5, 0.6) is 0 Å². The molecule has 0 aliphatic carbocycles. The lowest BCUT2D eigenvalue weighted by molar-refractivity contribution is -0.214. The quantitative estimate of drug-likeness (QED) is 0.747. The van der Waals surface area contributed by atoms with E-state index in [1.807, 2.05) is 0 Å². The standard InChI is InChI=1S/C12H14F3NO3S/c13-8-5-7-9(20-8)11(19-6-12(7,14)15)1-3-16(4-2-11)10(17)18/h5,7,9H,1-4,6H2,(H,17,18). The summed E-state index contributed by atoms with van der Waals surface area (Å²) in [4.78, 5) is 12.1. The van der Waals surface area contributed by atoms with Crippen LogP contribution in [0.25, 0.3) is 0 Å². The SMILES string of the molecule is O=C(O)N1CCC2(CC1)OCC(F)(F)C1C=C(F)SC12. The molecule has 1 spiro atoms. The molecule has 20 heavy (non-hydrogen) atoms. The Morgan fingerprint density at radius 1 is 1.45 bits per heavy atom. The maximum absolute atomic E-state index is 13.8. The highest BCUT2D eigenvalue weighted by molar-refractivity contribution is 8.03. The van der Waals surface area contributed by atoms with Crippen molar-refractivity contribution in [1.29, 1.82) is 0 Å². The van der Waals surface area contributed by atoms with E-state index in [-0.39, 0.29) is 13.1 Å². The molecule has 112 valence electrons. The summed E-state index contributed by atoms with van der Waals surface area (Å²) in [6, 6.07) is 0. The molecule has 0 aromatic heterocycles. The molecule has 1 amide bonds. The van der Waals surface area contributed by atoms with E-state index in [2.05, 4.69) is 0 Å². The first-order valence-electron chi connectivity index (χ1n) is 6.38. The maximum atomic E-state index is 13.8. The summed E-state index contributed by atoms with van der Waals surface area (Å²) in [6.45, 7) is -0.274. The van der Waals surface area contributed by atoms with Crippen LogP contribution in [0.4, 0.5) is 18.0 Å². The minimum atomic E-state index is -3.07. The number of carbonyl (C=O) groups is 1. The zero-order valence-corrected chi connectivity index (χ0v) is 11.3. The zero-order valence-electron chi connectivity index (χ0n) is 10.5. The Morgan fingerprint density at radius 3 is 2.70 bits per heavy atom. The minimum Gasteiger partial charge on any atom is -0.465 e. The number of piperidine rings is 1. The molecule has 3 heterocycles. The Balaban J connectivity index is 1.81. The summed E-state index contributed by atoms with van der Waals surface area (Å²) in [5.41, 5.74) is -0.854. The van der Waals surface area contributed by atoms with Crippen molar-refractivity contribution in [3.63, 3.8) is 0 Å². The molecule has 8 heteroatoms. The second kappa shape index (κ2) is 4.56. The Morgan fingerprint density at radius 2 is 2.10 bits per heavy atom. The summed E-state index contributed by atoms with van der Waals surface area (Å²) >= 11 is 0.790. The molecule has 0 bridgehead atoms. The van der Waals surface area contributed by atoms with E-state index in [1.54, 1.807) is 0 Å². The number of carboxylic acid groups (broad SMARTS) is 1. The van der Waals surface area contributed by atoms with Gasteiger partial charge in [-0.1, -0.05) is 11.8 Å². The molecule has 2 atom stereocenters. The Labute approximate surface area is 117 Å². The third kappa shape index (κ3) is 2.09. The van der Waals surface area contributed by atoms with Gasteiger partial charge in [0, 0.05) is 13.1 Å². The number of rotatable bonds is 0. The molecule has 3 rings (SSSR count). The Bertz CT molecular complexity index is 463. The number of ether oxygens (including phenoxy) is 1. The zero-order chi connectivity index (χ0) is 14.5. The van der Waals surface area contributed by atoms with Gasteiger partial charge in [-0.3, -0.25) is 0 Å². The molecule has 0 aromatic carbocycles. The van der Waals surface area contributed by atoms with Crippen molar-refractivity contribution in [2.24, 2.45) is 5.92 Å². The average molecular weight is 309 g/mol. The third-order valence-electron chi connectivity index (χ3n) is 4.31. The number of alkyl halides is 2. The van der Waals surface area contributed by atoms with Gasteiger partial charge in [-0.15, -0.1) is 0 Å². The van der Waals surface area contributed by atoms with Crippen molar-refractivity contribution in [1.82, 2.24) is 4.90 Å². The molecule has 2 unspecified atom stereocenters. The van der Waals surface area contributed by atoms with E-state index in [1.165, 1.54) is 4.90 Å². The van der Waals surface area contributed by atoms with E-state index >= 15 is 0 Å². The number of hydrogen-bond acceptors (Lipinski definition) is 3. The van der Waals surface area contributed by atoms with Crippen LogP contribution in [0.2, 0.25) is 0 Å². The first-order chi connectivity index (χ1) is 9.34. The average Bonchev–Trinajstić information content (AvgIpc) is 2.80. The highest BCUT2D eigenvalue weighted by atomic mass is 32.2. The fraction of sp³-hybridized carbons (Fsp3) is 0.750. The van der Waals surface area contributed by atoms with Gasteiger partial charge in [0.25, 0.3) is 5.92 Å². The van der Waals surface area contributed by atoms with Gasteiger partial charge in [0.2, 0.25) is 0 Å². The normalized spacial score (nSPS) is 34.8. The molecule has 4 nitrogen and oxygen atoms in total. The van der Waals surface area contributed by atoms with Gasteiger partial charge in [0.15, 0.2) is 5.16 Å². The summed E-state index contributed by atoms with van der Waals surface area (Å²) < 4.78 is 46.5. The van der Waals surface area contributed by atoms with Crippen molar-refractivity contribution in [2.75, 3.05) is 19.7 Å². The summed E-state index contributed by atoms with van der Waals surface area (Å²) in [5, 5.41) is 7.66. The number of allylic oxidation sites excluding steroid dienone is 1. The van der Waals surface area contributed by atoms with Crippen LogP contribution >= 0.6 is 11.8 Å². The van der Waals surface area contributed by atoms with Gasteiger partial charge in [0.05, 0.1) is 16.8 Å². The Hall–Kier alpha value is -0.890. The largest absolute Gasteiger partial charge is 0.465 e. The monoisotopic (exact) mass is 309 g/mol. The number of halogens is 3. The van der Waals surface area contributed by atoms with E-state index < -0.39 is 40.6 Å². The Kier molecular flexibility index (Phi) is 3.20. The number of fused-ring (bicyclic) bond motifs is 2. The van der Waals surface area contributed by atoms with Gasteiger partial charge in [0.1, 0.15) is 6.61 Å². The highest BCUT2D eigenvalue weighted by Crippen LogP contribution is 2.55. The highest BCUT2D eigenvalue weighted by Gasteiger charge is 2.61. The molecule has 1 N–H and O–H groups in total. The maximum Gasteiger partial charge on any atom is 0.407 e. The van der Waals surface area contributed by atoms with Crippen molar-refractivity contribution in [2.45, 2.75) is 29.6 Å². The lowest BCUT2D eigenvalue weighted by atomic mass is 9.77. The number of nitrogens with zero attached hydrogens (tertiary/aromatic N) is 1. The van der Waals surface area contributed by atoms with Crippen LogP contribution in [0.1, 0.15) is 12.8 Å². The van der Waals surface area contributed by atoms with Gasteiger partial charge >= 0.3 is 6.09 Å². The van der Waals surface area contributed by atoms with Crippen LogP contribution in [-0.4, -0.2) is 52.6 Å². The molecule has 3 aliphatic rings. The molecule has 2 saturated heterocycles. The van der Waals surface area contributed by atoms with Crippen LogP contribution in [0.3, 0.4) is 0 Å². The van der Waals surface area contributed by atoms with E-state index in [0.717, 1.165) is 17.8 Å². The lowest BCUT2D eigenvalue weighted by Gasteiger charge is -2.50. The minimum absolute atomic E-state index is 0.228. The molecule has 0 aromatic rings. The second-order valence-corrected chi connectivity index (χ2v) is 6.55. The van der Waals surface area contributed by atoms with Gasteiger partial charge in [-0.2, -0.15) is 4.39 Å². The predicted octanol–water partition coefficient (Wildman–Crippen LogP) is 2.71. The van der Waals surface area contributed by atoms with Crippen molar-refractivity contribution >= 4 is 17.9 Å². The predicted molar refractivity (Wildman–Crippen MR) is 66.5 cm³/mol. The number of thioether (sulfide) groups is 1. The third-order valence-corrected chi connectivity index (χ3v) is 5.65. The molecular formula is C12H14F3NO3S. The topological polar surface area (TPSA) is 49.8 Å². The van der Waals surface area contributed by atoms with Gasteiger partial charge < -0.3 is 14.7 Å². The number of amides is 1. The van der Waals surface area contributed by atoms with E-state index in [0.29, 0.717) is 12.8 Å². The fourth-order valence-electron chi connectivity index (χ4n) is 3.16. The molecular weight excluding hydrogens is 295 g/mol. The number of likely N-dealkylation sites (tertiary alicyclic amines) is 1. The van der Waals surface area contributed by atoms with Crippen LogP contribution < -0.4 is 0 Å².